The van der Waals surface area contributed by atoms with E-state index in [4.69, 9.17) is 10.2 Å². The van der Waals surface area contributed by atoms with Gasteiger partial charge >= 0.3 is 0 Å². The fraction of sp³-hybridized carbons (Fsp3) is 0.200. The van der Waals surface area contributed by atoms with Crippen LogP contribution in [-0.2, 0) is 6.54 Å². The number of furan rings is 1. The van der Waals surface area contributed by atoms with Crippen molar-refractivity contribution < 1.29 is 4.42 Å². The van der Waals surface area contributed by atoms with Gasteiger partial charge in [0.25, 0.3) is 0 Å². The molecular formula is C5H7BrClNO. The average molecular weight is 212 g/mol. The van der Waals surface area contributed by atoms with Crippen molar-refractivity contribution in [3.05, 3.63) is 22.6 Å². The Morgan fingerprint density at radius 1 is 1.67 bits per heavy atom. The van der Waals surface area contributed by atoms with Gasteiger partial charge in [0.2, 0.25) is 0 Å². The second-order valence-corrected chi connectivity index (χ2v) is 2.24. The van der Waals surface area contributed by atoms with Gasteiger partial charge in [0.15, 0.2) is 4.67 Å². The van der Waals surface area contributed by atoms with Gasteiger partial charge in [-0.3, -0.25) is 0 Å². The number of halogens is 2. The predicted molar refractivity (Wildman–Crippen MR) is 41.5 cm³/mol. The summed E-state index contributed by atoms with van der Waals surface area (Å²) in [4.78, 5) is 0. The summed E-state index contributed by atoms with van der Waals surface area (Å²) in [5.74, 6) is 0. The molecule has 1 aromatic heterocycles. The van der Waals surface area contributed by atoms with Crippen LogP contribution in [0, 0.1) is 0 Å². The highest BCUT2D eigenvalue weighted by Gasteiger charge is 1.92. The van der Waals surface area contributed by atoms with Gasteiger partial charge < -0.3 is 10.2 Å². The lowest BCUT2D eigenvalue weighted by Crippen LogP contribution is -1.92. The Hall–Kier alpha value is 0.01000. The van der Waals surface area contributed by atoms with Gasteiger partial charge in [0.1, 0.15) is 0 Å². The van der Waals surface area contributed by atoms with Crippen LogP contribution in [0.1, 0.15) is 5.56 Å². The number of hydrogen-bond acceptors (Lipinski definition) is 2. The fourth-order valence-electron chi connectivity index (χ4n) is 0.453. The van der Waals surface area contributed by atoms with Gasteiger partial charge in [-0.05, 0) is 22.0 Å². The molecule has 0 saturated carbocycles. The highest BCUT2D eigenvalue weighted by molar-refractivity contribution is 9.10. The van der Waals surface area contributed by atoms with Crippen molar-refractivity contribution in [3.8, 4) is 0 Å². The van der Waals surface area contributed by atoms with Crippen LogP contribution in [0.3, 0.4) is 0 Å². The number of hydrogen-bond donors (Lipinski definition) is 1. The van der Waals surface area contributed by atoms with E-state index < -0.39 is 0 Å². The van der Waals surface area contributed by atoms with E-state index in [-0.39, 0.29) is 12.4 Å². The first kappa shape index (κ1) is 9.01. The van der Waals surface area contributed by atoms with Gasteiger partial charge in [-0.2, -0.15) is 0 Å². The van der Waals surface area contributed by atoms with Crippen LogP contribution in [0.2, 0.25) is 0 Å². The lowest BCUT2D eigenvalue weighted by atomic mass is 10.4. The SMILES string of the molecule is Cl.NCc1coc(Br)c1. The van der Waals surface area contributed by atoms with Crippen LogP contribution >= 0.6 is 28.3 Å². The maximum absolute atomic E-state index is 5.28. The van der Waals surface area contributed by atoms with E-state index in [1.807, 2.05) is 6.07 Å². The third kappa shape index (κ3) is 2.39. The van der Waals surface area contributed by atoms with E-state index in [9.17, 15) is 0 Å². The first-order valence-corrected chi connectivity index (χ1v) is 3.05. The monoisotopic (exact) mass is 211 g/mol. The molecule has 0 spiro atoms. The summed E-state index contributed by atoms with van der Waals surface area (Å²) in [6, 6.07) is 1.85. The third-order valence-corrected chi connectivity index (χ3v) is 1.27. The molecule has 0 aliphatic carbocycles. The normalized spacial score (nSPS) is 8.67. The molecule has 52 valence electrons. The highest BCUT2D eigenvalue weighted by Crippen LogP contribution is 2.12. The molecule has 2 nitrogen and oxygen atoms in total. The molecule has 0 bridgehead atoms. The van der Waals surface area contributed by atoms with Crippen molar-refractivity contribution in [1.82, 2.24) is 0 Å². The standard InChI is InChI=1S/C5H6BrNO.ClH/c6-5-1-4(2-7)3-8-5;/h1,3H,2,7H2;1H. The second kappa shape index (κ2) is 3.93. The van der Waals surface area contributed by atoms with Gasteiger partial charge in [-0.15, -0.1) is 12.4 Å². The molecular weight excluding hydrogens is 205 g/mol. The lowest BCUT2D eigenvalue weighted by Gasteiger charge is -1.78. The van der Waals surface area contributed by atoms with Crippen molar-refractivity contribution in [2.24, 2.45) is 5.73 Å². The minimum absolute atomic E-state index is 0. The Bertz CT molecular complexity index is 177. The minimum Gasteiger partial charge on any atom is -0.457 e. The molecule has 0 fully saturated rings. The average Bonchev–Trinajstić information content (AvgIpc) is 2.14. The van der Waals surface area contributed by atoms with Crippen LogP contribution in [0.25, 0.3) is 0 Å². The van der Waals surface area contributed by atoms with Gasteiger partial charge in [-0.1, -0.05) is 0 Å². The fourth-order valence-corrected chi connectivity index (χ4v) is 0.840. The van der Waals surface area contributed by atoms with E-state index in [1.165, 1.54) is 0 Å². The first-order valence-electron chi connectivity index (χ1n) is 2.26. The molecule has 0 radical (unpaired) electrons. The van der Waals surface area contributed by atoms with E-state index >= 15 is 0 Å². The lowest BCUT2D eigenvalue weighted by molar-refractivity contribution is 0.538. The zero-order valence-electron chi connectivity index (χ0n) is 4.63. The van der Waals surface area contributed by atoms with E-state index in [2.05, 4.69) is 15.9 Å². The van der Waals surface area contributed by atoms with Crippen molar-refractivity contribution >= 4 is 28.3 Å². The smallest absolute Gasteiger partial charge is 0.169 e. The highest BCUT2D eigenvalue weighted by atomic mass is 79.9. The number of rotatable bonds is 1. The summed E-state index contributed by atoms with van der Waals surface area (Å²) < 4.78 is 5.63. The molecule has 2 N–H and O–H groups in total. The zero-order chi connectivity index (χ0) is 5.98. The van der Waals surface area contributed by atoms with Gasteiger partial charge in [-0.25, -0.2) is 0 Å². The van der Waals surface area contributed by atoms with Crippen molar-refractivity contribution in [2.45, 2.75) is 6.54 Å². The van der Waals surface area contributed by atoms with Crippen LogP contribution in [0.15, 0.2) is 21.4 Å². The third-order valence-electron chi connectivity index (χ3n) is 0.857. The Kier molecular flexibility index (Phi) is 3.93. The quantitative estimate of drug-likeness (QED) is 0.772. The molecule has 0 atom stereocenters. The Labute approximate surface area is 68.0 Å². The zero-order valence-corrected chi connectivity index (χ0v) is 7.04. The van der Waals surface area contributed by atoms with Gasteiger partial charge in [0.05, 0.1) is 6.26 Å². The summed E-state index contributed by atoms with van der Waals surface area (Å²) in [6.07, 6.45) is 1.63. The molecule has 1 heterocycles. The summed E-state index contributed by atoms with van der Waals surface area (Å²) in [5, 5.41) is 0. The van der Waals surface area contributed by atoms with Gasteiger partial charge in [0, 0.05) is 12.1 Å². The summed E-state index contributed by atoms with van der Waals surface area (Å²) in [5.41, 5.74) is 6.29. The molecule has 0 saturated heterocycles. The van der Waals surface area contributed by atoms with Crippen molar-refractivity contribution in [2.75, 3.05) is 0 Å². The van der Waals surface area contributed by atoms with E-state index in [1.54, 1.807) is 6.26 Å². The maximum atomic E-state index is 5.28. The molecule has 0 amide bonds. The topological polar surface area (TPSA) is 39.2 Å². The minimum atomic E-state index is 0. The van der Waals surface area contributed by atoms with Crippen LogP contribution in [0.4, 0.5) is 0 Å². The largest absolute Gasteiger partial charge is 0.457 e. The predicted octanol–water partition coefficient (Wildman–Crippen LogP) is 1.92. The Morgan fingerprint density at radius 3 is 2.56 bits per heavy atom. The molecule has 0 aliphatic heterocycles. The van der Waals surface area contributed by atoms with Crippen LogP contribution in [0.5, 0.6) is 0 Å². The molecule has 0 aromatic carbocycles. The molecule has 0 unspecified atom stereocenters. The Morgan fingerprint density at radius 2 is 2.33 bits per heavy atom. The molecule has 1 rings (SSSR count). The second-order valence-electron chi connectivity index (χ2n) is 1.46. The summed E-state index contributed by atoms with van der Waals surface area (Å²) in [7, 11) is 0. The van der Waals surface area contributed by atoms with Crippen LogP contribution < -0.4 is 5.73 Å². The van der Waals surface area contributed by atoms with E-state index in [0.29, 0.717) is 6.54 Å². The first-order chi connectivity index (χ1) is 3.83. The van der Waals surface area contributed by atoms with Crippen molar-refractivity contribution in [3.63, 3.8) is 0 Å². The molecule has 0 aliphatic rings. The van der Waals surface area contributed by atoms with Crippen LogP contribution in [-0.4, -0.2) is 0 Å². The summed E-state index contributed by atoms with van der Waals surface area (Å²) >= 11 is 3.15. The maximum Gasteiger partial charge on any atom is 0.169 e. The molecule has 1 aromatic rings. The number of nitrogens with two attached hydrogens (primary N) is 1. The van der Waals surface area contributed by atoms with Crippen molar-refractivity contribution in [1.29, 1.82) is 0 Å². The Balaban J connectivity index is 0.000000640. The summed E-state index contributed by atoms with van der Waals surface area (Å²) in [6.45, 7) is 0.537. The van der Waals surface area contributed by atoms with E-state index in [0.717, 1.165) is 10.2 Å². The molecule has 4 heteroatoms. The molecule has 9 heavy (non-hydrogen) atoms.